The molecule has 2 N–H and O–H groups in total. The van der Waals surface area contributed by atoms with Gasteiger partial charge in [-0.1, -0.05) is 23.4 Å². The van der Waals surface area contributed by atoms with Gasteiger partial charge in [-0.25, -0.2) is 0 Å². The quantitative estimate of drug-likeness (QED) is 0.679. The fraction of sp³-hybridized carbons (Fsp3) is 0.211. The van der Waals surface area contributed by atoms with Crippen molar-refractivity contribution in [2.45, 2.75) is 13.3 Å². The Morgan fingerprint density at radius 3 is 2.85 bits per heavy atom. The maximum absolute atomic E-state index is 12.3. The summed E-state index contributed by atoms with van der Waals surface area (Å²) in [4.78, 5) is 16.5. The lowest BCUT2D eigenvalue weighted by atomic mass is 10.1. The van der Waals surface area contributed by atoms with Gasteiger partial charge in [0.2, 0.25) is 0 Å². The van der Waals surface area contributed by atoms with E-state index in [1.165, 1.54) is 0 Å². The standard InChI is InChI=1S/C19H20N4O3/c1-13-11-18(23-26-13)22-15-8-10-20-16(12-15)19(24)21-9-7-14-5-3-4-6-17(14)25-2/h3-6,8,10-12H,7,9H2,1-2H3,(H,21,24)(H,20,22,23). The van der Waals surface area contributed by atoms with E-state index in [0.717, 1.165) is 11.3 Å². The van der Waals surface area contributed by atoms with Gasteiger partial charge in [-0.2, -0.15) is 0 Å². The van der Waals surface area contributed by atoms with E-state index in [0.29, 0.717) is 35.9 Å². The summed E-state index contributed by atoms with van der Waals surface area (Å²) in [7, 11) is 1.64. The molecule has 1 aromatic carbocycles. The summed E-state index contributed by atoms with van der Waals surface area (Å²) < 4.78 is 10.3. The first-order valence-electron chi connectivity index (χ1n) is 8.22. The number of benzene rings is 1. The Morgan fingerprint density at radius 2 is 2.08 bits per heavy atom. The highest BCUT2D eigenvalue weighted by molar-refractivity contribution is 5.93. The third kappa shape index (κ3) is 4.38. The van der Waals surface area contributed by atoms with E-state index in [4.69, 9.17) is 9.26 Å². The molecule has 2 aromatic heterocycles. The van der Waals surface area contributed by atoms with Gasteiger partial charge in [0, 0.05) is 24.5 Å². The third-order valence-electron chi connectivity index (χ3n) is 3.77. The van der Waals surface area contributed by atoms with Gasteiger partial charge in [0.15, 0.2) is 5.82 Å². The molecule has 0 aliphatic carbocycles. The smallest absolute Gasteiger partial charge is 0.269 e. The van der Waals surface area contributed by atoms with Gasteiger partial charge >= 0.3 is 0 Å². The van der Waals surface area contributed by atoms with E-state index in [-0.39, 0.29) is 5.91 Å². The number of aryl methyl sites for hydroxylation is 1. The van der Waals surface area contributed by atoms with Gasteiger partial charge < -0.3 is 19.9 Å². The maximum atomic E-state index is 12.3. The molecule has 0 saturated heterocycles. The van der Waals surface area contributed by atoms with E-state index in [1.807, 2.05) is 31.2 Å². The number of pyridine rings is 1. The van der Waals surface area contributed by atoms with Gasteiger partial charge in [0.25, 0.3) is 5.91 Å². The molecular weight excluding hydrogens is 332 g/mol. The summed E-state index contributed by atoms with van der Waals surface area (Å²) in [5.41, 5.74) is 2.08. The summed E-state index contributed by atoms with van der Waals surface area (Å²) in [6.45, 7) is 2.30. The number of carbonyl (C=O) groups excluding carboxylic acids is 1. The summed E-state index contributed by atoms with van der Waals surface area (Å²) in [5, 5.41) is 9.82. The number of anilines is 2. The van der Waals surface area contributed by atoms with E-state index >= 15 is 0 Å². The molecule has 26 heavy (non-hydrogen) atoms. The number of nitrogens with zero attached hydrogens (tertiary/aromatic N) is 2. The van der Waals surface area contributed by atoms with Gasteiger partial charge in [0.1, 0.15) is 17.2 Å². The van der Waals surface area contributed by atoms with Crippen LogP contribution in [0.25, 0.3) is 0 Å². The van der Waals surface area contributed by atoms with Gasteiger partial charge in [-0.3, -0.25) is 9.78 Å². The number of hydrogen-bond donors (Lipinski definition) is 2. The van der Waals surface area contributed by atoms with Crippen molar-refractivity contribution in [1.29, 1.82) is 0 Å². The van der Waals surface area contributed by atoms with Gasteiger partial charge in [0.05, 0.1) is 7.11 Å². The molecule has 1 amide bonds. The van der Waals surface area contributed by atoms with Crippen molar-refractivity contribution in [2.75, 3.05) is 19.0 Å². The second-order valence-corrected chi connectivity index (χ2v) is 5.70. The van der Waals surface area contributed by atoms with Crippen LogP contribution in [0.5, 0.6) is 5.75 Å². The molecule has 0 saturated carbocycles. The van der Waals surface area contributed by atoms with Gasteiger partial charge in [-0.05, 0) is 37.1 Å². The summed E-state index contributed by atoms with van der Waals surface area (Å²) in [6, 6.07) is 12.9. The first kappa shape index (κ1) is 17.5. The lowest BCUT2D eigenvalue weighted by molar-refractivity contribution is 0.0949. The Morgan fingerprint density at radius 1 is 1.23 bits per heavy atom. The highest BCUT2D eigenvalue weighted by Gasteiger charge is 2.09. The summed E-state index contributed by atoms with van der Waals surface area (Å²) in [5.74, 6) is 1.86. The Hall–Kier alpha value is -3.35. The normalized spacial score (nSPS) is 10.4. The van der Waals surface area contributed by atoms with Crippen LogP contribution >= 0.6 is 0 Å². The zero-order chi connectivity index (χ0) is 18.4. The first-order valence-corrected chi connectivity index (χ1v) is 8.22. The minimum absolute atomic E-state index is 0.236. The van der Waals surface area contributed by atoms with Crippen LogP contribution in [0.2, 0.25) is 0 Å². The Balaban J connectivity index is 1.58. The molecule has 7 heteroatoms. The number of amides is 1. The molecular formula is C19H20N4O3. The fourth-order valence-electron chi connectivity index (χ4n) is 2.52. The van der Waals surface area contributed by atoms with Crippen LogP contribution in [0.3, 0.4) is 0 Å². The summed E-state index contributed by atoms with van der Waals surface area (Å²) in [6.07, 6.45) is 2.25. The van der Waals surface area contributed by atoms with Crippen LogP contribution in [0.4, 0.5) is 11.5 Å². The molecule has 2 heterocycles. The van der Waals surface area contributed by atoms with Crippen molar-refractivity contribution >= 4 is 17.4 Å². The molecule has 3 aromatic rings. The lowest BCUT2D eigenvalue weighted by Gasteiger charge is -2.09. The molecule has 0 aliphatic heterocycles. The molecule has 0 spiro atoms. The molecule has 0 atom stereocenters. The number of para-hydroxylation sites is 1. The number of rotatable bonds is 7. The van der Waals surface area contributed by atoms with E-state index in [2.05, 4.69) is 20.8 Å². The Labute approximate surface area is 151 Å². The predicted molar refractivity (Wildman–Crippen MR) is 97.8 cm³/mol. The van der Waals surface area contributed by atoms with Crippen LogP contribution in [0, 0.1) is 6.92 Å². The highest BCUT2D eigenvalue weighted by atomic mass is 16.5. The first-order chi connectivity index (χ1) is 12.7. The SMILES string of the molecule is COc1ccccc1CCNC(=O)c1cc(Nc2cc(C)on2)ccn1. The van der Waals surface area contributed by atoms with Crippen LogP contribution in [-0.4, -0.2) is 29.7 Å². The second-order valence-electron chi connectivity index (χ2n) is 5.70. The monoisotopic (exact) mass is 352 g/mol. The topological polar surface area (TPSA) is 89.3 Å². The molecule has 7 nitrogen and oxygen atoms in total. The number of ether oxygens (including phenoxy) is 1. The van der Waals surface area contributed by atoms with Crippen molar-refractivity contribution in [3.05, 3.63) is 65.7 Å². The van der Waals surface area contributed by atoms with E-state index in [1.54, 1.807) is 31.5 Å². The number of nitrogens with one attached hydrogen (secondary N) is 2. The van der Waals surface area contributed by atoms with E-state index < -0.39 is 0 Å². The zero-order valence-electron chi connectivity index (χ0n) is 14.7. The van der Waals surface area contributed by atoms with Crippen molar-refractivity contribution in [3.8, 4) is 5.75 Å². The molecule has 0 unspecified atom stereocenters. The largest absolute Gasteiger partial charge is 0.496 e. The Bertz CT molecular complexity index is 892. The average molecular weight is 352 g/mol. The molecule has 0 bridgehead atoms. The number of methoxy groups -OCH3 is 1. The molecule has 3 rings (SSSR count). The fourth-order valence-corrected chi connectivity index (χ4v) is 2.52. The van der Waals surface area contributed by atoms with Crippen molar-refractivity contribution in [3.63, 3.8) is 0 Å². The minimum Gasteiger partial charge on any atom is -0.496 e. The predicted octanol–water partition coefficient (Wildman–Crippen LogP) is 3.10. The van der Waals surface area contributed by atoms with Gasteiger partial charge in [-0.15, -0.1) is 0 Å². The zero-order valence-corrected chi connectivity index (χ0v) is 14.7. The van der Waals surface area contributed by atoms with Crippen LogP contribution in [0.15, 0.2) is 53.2 Å². The molecule has 0 radical (unpaired) electrons. The Kier molecular flexibility index (Phi) is 5.48. The number of carbonyl (C=O) groups is 1. The molecule has 0 fully saturated rings. The summed E-state index contributed by atoms with van der Waals surface area (Å²) >= 11 is 0. The van der Waals surface area contributed by atoms with Crippen LogP contribution in [-0.2, 0) is 6.42 Å². The van der Waals surface area contributed by atoms with Crippen LogP contribution < -0.4 is 15.4 Å². The van der Waals surface area contributed by atoms with Crippen molar-refractivity contribution < 1.29 is 14.1 Å². The van der Waals surface area contributed by atoms with Crippen molar-refractivity contribution in [2.24, 2.45) is 0 Å². The third-order valence-corrected chi connectivity index (χ3v) is 3.77. The number of hydrogen-bond acceptors (Lipinski definition) is 6. The van der Waals surface area contributed by atoms with Crippen LogP contribution in [0.1, 0.15) is 21.8 Å². The molecule has 134 valence electrons. The van der Waals surface area contributed by atoms with E-state index in [9.17, 15) is 4.79 Å². The minimum atomic E-state index is -0.236. The maximum Gasteiger partial charge on any atom is 0.269 e. The number of aromatic nitrogens is 2. The lowest BCUT2D eigenvalue weighted by Crippen LogP contribution is -2.26. The molecule has 0 aliphatic rings. The average Bonchev–Trinajstić information content (AvgIpc) is 3.07. The van der Waals surface area contributed by atoms with Crippen molar-refractivity contribution in [1.82, 2.24) is 15.5 Å². The second kappa shape index (κ2) is 8.15. The highest BCUT2D eigenvalue weighted by Crippen LogP contribution is 2.18.